The molecule has 0 aromatic rings. The molecule has 6 nitrogen and oxygen atoms in total. The maximum atomic E-state index is 14.0. The Bertz CT molecular complexity index is 808. The van der Waals surface area contributed by atoms with Gasteiger partial charge in [-0.3, -0.25) is 4.55 Å². The lowest BCUT2D eigenvalue weighted by atomic mass is 9.83. The van der Waals surface area contributed by atoms with Crippen molar-refractivity contribution in [2.45, 2.75) is 42.1 Å². The third-order valence-electron chi connectivity index (χ3n) is 4.49. The van der Waals surface area contributed by atoms with Crippen LogP contribution in [0.25, 0.3) is 0 Å². The average Bonchev–Trinajstić information content (AvgIpc) is 2.52. The van der Waals surface area contributed by atoms with Gasteiger partial charge in [-0.25, -0.2) is 8.42 Å². The van der Waals surface area contributed by atoms with E-state index in [1.54, 1.807) is 6.08 Å². The summed E-state index contributed by atoms with van der Waals surface area (Å²) in [5.74, 6) is -7.01. The maximum Gasteiger partial charge on any atom is 0.439 e. The molecule has 1 aliphatic heterocycles. The van der Waals surface area contributed by atoms with Crippen LogP contribution in [0.5, 0.6) is 0 Å². The van der Waals surface area contributed by atoms with Crippen LogP contribution < -0.4 is 0 Å². The lowest BCUT2D eigenvalue weighted by Gasteiger charge is -2.39. The van der Waals surface area contributed by atoms with Gasteiger partial charge in [-0.15, -0.1) is 0 Å². The maximum absolute atomic E-state index is 14.0. The van der Waals surface area contributed by atoms with Gasteiger partial charge in [0.1, 0.15) is 0 Å². The summed E-state index contributed by atoms with van der Waals surface area (Å²) in [6, 6.07) is 0. The van der Waals surface area contributed by atoms with Crippen molar-refractivity contribution in [3.63, 3.8) is 0 Å². The Labute approximate surface area is 145 Å². The number of hydrogen-bond donors (Lipinski definition) is 1. The third kappa shape index (κ3) is 3.03. The molecule has 0 aromatic heterocycles. The molecule has 0 radical (unpaired) electrons. The molecule has 2 rings (SSSR count). The molecule has 0 aromatic carbocycles. The van der Waals surface area contributed by atoms with Gasteiger partial charge in [0.25, 0.3) is 10.0 Å². The number of sulfonamides is 1. The molecule has 0 saturated carbocycles. The second kappa shape index (κ2) is 6.34. The Morgan fingerprint density at radius 3 is 2.12 bits per heavy atom. The summed E-state index contributed by atoms with van der Waals surface area (Å²) < 4.78 is 134. The highest BCUT2D eigenvalue weighted by atomic mass is 32.2. The standard InChI is InChI=1S/C12H15F6NO5S2/c13-10(14,12(17,18)26(22,23)24)11(15,16)25(20,21)19-6-5-8-3-1-2-4-9(8)7-19/h4,8H,1-3,5-7H2,(H,22,23,24). The lowest BCUT2D eigenvalue weighted by Crippen LogP contribution is -2.63. The molecular weight excluding hydrogens is 416 g/mol. The second-order valence-electron chi connectivity index (χ2n) is 6.12. The molecule has 0 bridgehead atoms. The molecule has 1 aliphatic carbocycles. The highest BCUT2D eigenvalue weighted by Gasteiger charge is 2.82. The number of halogens is 6. The van der Waals surface area contributed by atoms with E-state index in [9.17, 15) is 43.2 Å². The number of nitrogens with zero attached hydrogens (tertiary/aromatic N) is 1. The molecule has 1 N–H and O–H groups in total. The van der Waals surface area contributed by atoms with Crippen molar-refractivity contribution in [2.75, 3.05) is 13.1 Å². The highest BCUT2D eigenvalue weighted by Crippen LogP contribution is 2.51. The van der Waals surface area contributed by atoms with Crippen molar-refractivity contribution in [3.8, 4) is 0 Å². The van der Waals surface area contributed by atoms with Gasteiger partial charge in [0.2, 0.25) is 0 Å². The largest absolute Gasteiger partial charge is 0.439 e. The van der Waals surface area contributed by atoms with Gasteiger partial charge in [0.05, 0.1) is 0 Å². The Morgan fingerprint density at radius 2 is 1.58 bits per heavy atom. The fourth-order valence-corrected chi connectivity index (χ4v) is 4.93. The van der Waals surface area contributed by atoms with E-state index >= 15 is 0 Å². The second-order valence-corrected chi connectivity index (χ2v) is 9.56. The average molecular weight is 431 g/mol. The van der Waals surface area contributed by atoms with E-state index in [4.69, 9.17) is 4.55 Å². The number of hydrogen-bond acceptors (Lipinski definition) is 4. The van der Waals surface area contributed by atoms with Crippen LogP contribution >= 0.6 is 0 Å². The van der Waals surface area contributed by atoms with Gasteiger partial charge in [0, 0.05) is 13.1 Å². The first-order chi connectivity index (χ1) is 11.6. The van der Waals surface area contributed by atoms with E-state index in [0.717, 1.165) is 6.42 Å². The van der Waals surface area contributed by atoms with Gasteiger partial charge in [-0.2, -0.15) is 39.1 Å². The Morgan fingerprint density at radius 1 is 1.00 bits per heavy atom. The minimum absolute atomic E-state index is 0.0431. The number of piperidine rings is 1. The van der Waals surface area contributed by atoms with Crippen LogP contribution in [-0.2, 0) is 20.1 Å². The summed E-state index contributed by atoms with van der Waals surface area (Å²) >= 11 is 0. The van der Waals surface area contributed by atoms with E-state index in [1.165, 1.54) is 0 Å². The summed E-state index contributed by atoms with van der Waals surface area (Å²) in [5, 5.41) is -13.2. The molecule has 0 spiro atoms. The van der Waals surface area contributed by atoms with Gasteiger partial charge >= 0.3 is 26.5 Å². The van der Waals surface area contributed by atoms with Crippen molar-refractivity contribution in [3.05, 3.63) is 11.6 Å². The van der Waals surface area contributed by atoms with Crippen LogP contribution in [0.15, 0.2) is 11.6 Å². The molecule has 2 aliphatic rings. The quantitative estimate of drug-likeness (QED) is 0.410. The first-order valence-electron chi connectivity index (χ1n) is 7.36. The molecule has 1 fully saturated rings. The summed E-state index contributed by atoms with van der Waals surface area (Å²) in [6.45, 7) is -1.27. The number of allylic oxidation sites excluding steroid dienone is 1. The molecule has 1 saturated heterocycles. The molecule has 1 atom stereocenters. The monoisotopic (exact) mass is 431 g/mol. The van der Waals surface area contributed by atoms with Crippen LogP contribution in [0.2, 0.25) is 0 Å². The van der Waals surface area contributed by atoms with Crippen LogP contribution in [0.4, 0.5) is 26.3 Å². The summed E-state index contributed by atoms with van der Waals surface area (Å²) in [4.78, 5) is 0. The van der Waals surface area contributed by atoms with Crippen LogP contribution in [-0.4, -0.2) is 55.2 Å². The molecular formula is C12H15F6NO5S2. The molecule has 1 unspecified atom stereocenters. The zero-order chi connectivity index (χ0) is 20.2. The Balaban J connectivity index is 2.42. The van der Waals surface area contributed by atoms with E-state index < -0.39 is 49.7 Å². The normalized spacial score (nSPS) is 24.1. The molecule has 152 valence electrons. The molecule has 14 heteroatoms. The summed E-state index contributed by atoms with van der Waals surface area (Å²) in [5.41, 5.74) is 0.423. The number of rotatable bonds is 5. The molecule has 0 amide bonds. The number of alkyl halides is 6. The highest BCUT2D eigenvalue weighted by molar-refractivity contribution is 7.90. The fourth-order valence-electron chi connectivity index (χ4n) is 2.97. The topological polar surface area (TPSA) is 91.7 Å². The van der Waals surface area contributed by atoms with E-state index in [0.29, 0.717) is 18.4 Å². The van der Waals surface area contributed by atoms with Crippen molar-refractivity contribution >= 4 is 20.1 Å². The first kappa shape index (κ1) is 21.4. The van der Waals surface area contributed by atoms with Gasteiger partial charge in [0.15, 0.2) is 0 Å². The predicted octanol–water partition coefficient (Wildman–Crippen LogP) is 2.46. The minimum atomic E-state index is -7.01. The van der Waals surface area contributed by atoms with E-state index in [-0.39, 0.29) is 16.6 Å². The Kier molecular flexibility index (Phi) is 5.23. The SMILES string of the molecule is O=S(=O)(O)C(F)(F)C(F)(F)C(F)(F)S(=O)(=O)N1CCC2CCCC=C2C1. The van der Waals surface area contributed by atoms with Crippen molar-refractivity contribution in [1.29, 1.82) is 0 Å². The fraction of sp³-hybridized carbons (Fsp3) is 0.833. The van der Waals surface area contributed by atoms with Gasteiger partial charge in [-0.05, 0) is 31.6 Å². The summed E-state index contributed by atoms with van der Waals surface area (Å²) in [6.07, 6.45) is 3.61. The number of fused-ring (bicyclic) bond motifs is 1. The van der Waals surface area contributed by atoms with Crippen molar-refractivity contribution < 1.29 is 47.7 Å². The zero-order valence-corrected chi connectivity index (χ0v) is 14.6. The molecule has 1 heterocycles. The van der Waals surface area contributed by atoms with Gasteiger partial charge in [-0.1, -0.05) is 11.6 Å². The lowest BCUT2D eigenvalue weighted by molar-refractivity contribution is -0.246. The van der Waals surface area contributed by atoms with Gasteiger partial charge < -0.3 is 0 Å². The summed E-state index contributed by atoms with van der Waals surface area (Å²) in [7, 11) is -13.4. The van der Waals surface area contributed by atoms with Crippen LogP contribution in [0.3, 0.4) is 0 Å². The van der Waals surface area contributed by atoms with E-state index in [1.807, 2.05) is 0 Å². The van der Waals surface area contributed by atoms with Crippen LogP contribution in [0.1, 0.15) is 25.7 Å². The minimum Gasteiger partial charge on any atom is -0.281 e. The zero-order valence-electron chi connectivity index (χ0n) is 13.0. The molecule has 26 heavy (non-hydrogen) atoms. The van der Waals surface area contributed by atoms with Crippen molar-refractivity contribution in [1.82, 2.24) is 4.31 Å². The van der Waals surface area contributed by atoms with Crippen LogP contribution in [0, 0.1) is 5.92 Å². The van der Waals surface area contributed by atoms with Crippen molar-refractivity contribution in [2.24, 2.45) is 5.92 Å². The van der Waals surface area contributed by atoms with E-state index in [2.05, 4.69) is 0 Å². The third-order valence-corrected chi connectivity index (χ3v) is 7.29. The first-order valence-corrected chi connectivity index (χ1v) is 10.2. The Hall–Kier alpha value is -0.860. The smallest absolute Gasteiger partial charge is 0.281 e. The predicted molar refractivity (Wildman–Crippen MR) is 76.9 cm³/mol.